The maximum absolute atomic E-state index is 13.1. The molecule has 0 aliphatic carbocycles. The molecule has 0 heterocycles. The Kier molecular flexibility index (Phi) is 7.48. The van der Waals surface area contributed by atoms with E-state index in [0.29, 0.717) is 5.57 Å². The van der Waals surface area contributed by atoms with Crippen LogP contribution in [0.5, 0.6) is 0 Å². The van der Waals surface area contributed by atoms with Gasteiger partial charge in [-0.25, -0.2) is 9.90 Å². The monoisotopic (exact) mass is 345 g/mol. The van der Waals surface area contributed by atoms with Crippen LogP contribution in [0.15, 0.2) is 11.6 Å². The van der Waals surface area contributed by atoms with Crippen LogP contribution in [-0.2, 0) is 14.6 Å². The molecular formula is C14H15F6O3. The molecule has 0 aromatic carbocycles. The summed E-state index contributed by atoms with van der Waals surface area (Å²) in [7, 11) is 0. The first-order valence-electron chi connectivity index (χ1n) is 6.40. The third-order valence-electron chi connectivity index (χ3n) is 2.81. The van der Waals surface area contributed by atoms with E-state index in [1.807, 2.05) is 5.92 Å². The summed E-state index contributed by atoms with van der Waals surface area (Å²) in [5.74, 6) is -0.540. The van der Waals surface area contributed by atoms with E-state index >= 15 is 0 Å². The van der Waals surface area contributed by atoms with Gasteiger partial charge in [0.25, 0.3) is 0 Å². The van der Waals surface area contributed by atoms with Gasteiger partial charge in [0.1, 0.15) is 12.7 Å². The van der Waals surface area contributed by atoms with Crippen molar-refractivity contribution in [2.45, 2.75) is 45.5 Å². The van der Waals surface area contributed by atoms with Crippen molar-refractivity contribution in [3.8, 4) is 12.0 Å². The van der Waals surface area contributed by atoms with Crippen molar-refractivity contribution in [2.75, 3.05) is 6.61 Å². The average molecular weight is 345 g/mol. The van der Waals surface area contributed by atoms with E-state index in [-0.39, 0.29) is 0 Å². The lowest BCUT2D eigenvalue weighted by molar-refractivity contribution is -0.233. The van der Waals surface area contributed by atoms with Crippen LogP contribution in [0.25, 0.3) is 0 Å². The summed E-state index contributed by atoms with van der Waals surface area (Å²) in [5, 5.41) is 11.0. The molecule has 1 radical (unpaired) electrons. The molecule has 0 bridgehead atoms. The summed E-state index contributed by atoms with van der Waals surface area (Å²) in [6.45, 7) is 2.12. The molecule has 0 aliphatic rings. The fourth-order valence-corrected chi connectivity index (χ4v) is 1.39. The van der Waals surface area contributed by atoms with Crippen LogP contribution >= 0.6 is 0 Å². The minimum Gasteiger partial charge on any atom is -0.446 e. The van der Waals surface area contributed by atoms with Gasteiger partial charge in [-0.05, 0) is 20.3 Å². The van der Waals surface area contributed by atoms with Crippen LogP contribution in [-0.4, -0.2) is 24.9 Å². The third kappa shape index (κ3) is 7.30. The van der Waals surface area contributed by atoms with E-state index in [1.165, 1.54) is 13.8 Å². The molecule has 0 saturated heterocycles. The second-order valence-electron chi connectivity index (χ2n) is 5.02. The predicted molar refractivity (Wildman–Crippen MR) is 67.2 cm³/mol. The minimum atomic E-state index is -5.14. The SMILES string of the molecule is CC(C)=CCC(CC#COCCC(F)(F)F)(C([O])=O)C(F)(F)F. The number of carbonyl (C=O) groups excluding carboxylic acids is 1. The molecule has 0 fully saturated rings. The zero-order chi connectivity index (χ0) is 18.3. The first-order valence-corrected chi connectivity index (χ1v) is 6.40. The molecule has 9 heteroatoms. The maximum Gasteiger partial charge on any atom is 0.406 e. The van der Waals surface area contributed by atoms with Crippen LogP contribution in [0.4, 0.5) is 26.3 Å². The number of alkyl halides is 6. The van der Waals surface area contributed by atoms with E-state index in [2.05, 4.69) is 4.74 Å². The van der Waals surface area contributed by atoms with Crippen LogP contribution in [0.2, 0.25) is 0 Å². The first-order chi connectivity index (χ1) is 10.3. The Balaban J connectivity index is 5.05. The Morgan fingerprint density at radius 2 is 1.70 bits per heavy atom. The van der Waals surface area contributed by atoms with Crippen molar-refractivity contribution < 1.29 is 41.0 Å². The van der Waals surface area contributed by atoms with Crippen molar-refractivity contribution in [2.24, 2.45) is 5.41 Å². The fraction of sp³-hybridized carbons (Fsp3) is 0.643. The highest BCUT2D eigenvalue weighted by Gasteiger charge is 2.60. The lowest BCUT2D eigenvalue weighted by atomic mass is 9.80. The molecule has 131 valence electrons. The Morgan fingerprint density at radius 3 is 2.09 bits per heavy atom. The van der Waals surface area contributed by atoms with Gasteiger partial charge in [-0.2, -0.15) is 26.3 Å². The maximum atomic E-state index is 13.1. The minimum absolute atomic E-state index is 0.467. The van der Waals surface area contributed by atoms with E-state index in [0.717, 1.165) is 6.08 Å². The zero-order valence-corrected chi connectivity index (χ0v) is 12.4. The largest absolute Gasteiger partial charge is 0.446 e. The molecule has 0 N–H and O–H groups in total. The normalized spacial score (nSPS) is 14.3. The number of carbonyl (C=O) groups is 1. The van der Waals surface area contributed by atoms with Gasteiger partial charge in [-0.3, -0.25) is 0 Å². The average Bonchev–Trinajstić information content (AvgIpc) is 2.33. The molecule has 3 nitrogen and oxygen atoms in total. The van der Waals surface area contributed by atoms with Gasteiger partial charge in [0.15, 0.2) is 5.41 Å². The fourth-order valence-electron chi connectivity index (χ4n) is 1.39. The molecule has 0 amide bonds. The van der Waals surface area contributed by atoms with Crippen LogP contribution in [0.3, 0.4) is 0 Å². The highest BCUT2D eigenvalue weighted by molar-refractivity contribution is 5.76. The lowest BCUT2D eigenvalue weighted by Crippen LogP contribution is -2.44. The number of ether oxygens (including phenoxy) is 1. The quantitative estimate of drug-likeness (QED) is 0.314. The van der Waals surface area contributed by atoms with E-state index < -0.39 is 49.6 Å². The number of halogens is 6. The Labute approximate surface area is 129 Å². The highest BCUT2D eigenvalue weighted by Crippen LogP contribution is 2.45. The summed E-state index contributed by atoms with van der Waals surface area (Å²) in [5.41, 5.74) is -2.78. The highest BCUT2D eigenvalue weighted by atomic mass is 19.4. The third-order valence-corrected chi connectivity index (χ3v) is 2.81. The molecule has 0 aromatic rings. The van der Waals surface area contributed by atoms with E-state index in [4.69, 9.17) is 0 Å². The van der Waals surface area contributed by atoms with Crippen molar-refractivity contribution >= 4 is 5.97 Å². The molecule has 0 aromatic heterocycles. The molecule has 23 heavy (non-hydrogen) atoms. The second kappa shape index (κ2) is 8.13. The summed E-state index contributed by atoms with van der Waals surface area (Å²) in [4.78, 5) is 11.0. The van der Waals surface area contributed by atoms with Gasteiger partial charge in [0.05, 0.1) is 6.42 Å². The van der Waals surface area contributed by atoms with Crippen LogP contribution < -0.4 is 0 Å². The summed E-state index contributed by atoms with van der Waals surface area (Å²) in [6, 6.07) is 0. The van der Waals surface area contributed by atoms with E-state index in [1.54, 1.807) is 6.11 Å². The summed E-state index contributed by atoms with van der Waals surface area (Å²) >= 11 is 0. The zero-order valence-electron chi connectivity index (χ0n) is 12.4. The van der Waals surface area contributed by atoms with Gasteiger partial charge < -0.3 is 4.74 Å². The molecule has 0 saturated carbocycles. The molecular weight excluding hydrogens is 330 g/mol. The summed E-state index contributed by atoms with van der Waals surface area (Å²) in [6.07, 6.45) is -10.3. The van der Waals surface area contributed by atoms with Crippen molar-refractivity contribution in [3.63, 3.8) is 0 Å². The number of hydrogen-bond acceptors (Lipinski definition) is 2. The van der Waals surface area contributed by atoms with Crippen LogP contribution in [0, 0.1) is 17.4 Å². The van der Waals surface area contributed by atoms with Crippen LogP contribution in [0.1, 0.15) is 33.1 Å². The lowest BCUT2D eigenvalue weighted by Gasteiger charge is -2.27. The predicted octanol–water partition coefficient (Wildman–Crippen LogP) is 4.17. The van der Waals surface area contributed by atoms with Crippen molar-refractivity contribution in [3.05, 3.63) is 11.6 Å². The van der Waals surface area contributed by atoms with Crippen molar-refractivity contribution in [1.82, 2.24) is 0 Å². The number of allylic oxidation sites excluding steroid dienone is 2. The number of hydrogen-bond donors (Lipinski definition) is 0. The molecule has 0 spiro atoms. The Morgan fingerprint density at radius 1 is 1.13 bits per heavy atom. The Hall–Kier alpha value is -1.85. The second-order valence-corrected chi connectivity index (χ2v) is 5.02. The number of rotatable bonds is 6. The first kappa shape index (κ1) is 21.1. The Bertz CT molecular complexity index is 491. The van der Waals surface area contributed by atoms with Gasteiger partial charge >= 0.3 is 18.3 Å². The standard InChI is InChI=1S/C14H15F6O3/c1-10(2)4-6-12(11(21)22,14(18,19)20)5-3-8-23-9-7-13(15,16)17/h4H,5-7,9H2,1-2H3. The molecule has 0 rings (SSSR count). The molecule has 1 atom stereocenters. The van der Waals surface area contributed by atoms with Gasteiger partial charge in [-0.1, -0.05) is 17.6 Å². The summed E-state index contributed by atoms with van der Waals surface area (Å²) < 4.78 is 79.0. The molecule has 0 aliphatic heterocycles. The van der Waals surface area contributed by atoms with Gasteiger partial charge in [0, 0.05) is 6.42 Å². The van der Waals surface area contributed by atoms with Gasteiger partial charge in [-0.15, -0.1) is 0 Å². The van der Waals surface area contributed by atoms with Crippen molar-refractivity contribution in [1.29, 1.82) is 0 Å². The molecule has 1 unspecified atom stereocenters. The van der Waals surface area contributed by atoms with E-state index in [9.17, 15) is 36.2 Å². The smallest absolute Gasteiger partial charge is 0.406 e. The topological polar surface area (TPSA) is 46.2 Å². The van der Waals surface area contributed by atoms with Gasteiger partial charge in [0.2, 0.25) is 0 Å².